The lowest BCUT2D eigenvalue weighted by atomic mass is 10.2. The molecule has 76 valence electrons. The zero-order chi connectivity index (χ0) is 10.5. The summed E-state index contributed by atoms with van der Waals surface area (Å²) < 4.78 is 5.18. The van der Waals surface area contributed by atoms with Gasteiger partial charge in [-0.3, -0.25) is 4.99 Å². The summed E-state index contributed by atoms with van der Waals surface area (Å²) in [5.74, 6) is 0.887. The van der Waals surface area contributed by atoms with Gasteiger partial charge in [-0.25, -0.2) is 0 Å². The summed E-state index contributed by atoms with van der Waals surface area (Å²) >= 11 is 0. The number of nitrogens with zero attached hydrogens (tertiary/aromatic N) is 1. The summed E-state index contributed by atoms with van der Waals surface area (Å²) in [5.41, 5.74) is 2.38. The molecule has 1 heterocycles. The maximum Gasteiger partial charge on any atom is 0.125 e. The Labute approximate surface area is 89.3 Å². The number of benzene rings is 1. The Morgan fingerprint density at radius 2 is 2.00 bits per heavy atom. The van der Waals surface area contributed by atoms with Crippen molar-refractivity contribution in [2.24, 2.45) is 4.99 Å². The van der Waals surface area contributed by atoms with E-state index in [0.29, 0.717) is 6.54 Å². The van der Waals surface area contributed by atoms with Crippen LogP contribution in [0.2, 0.25) is 0 Å². The van der Waals surface area contributed by atoms with Gasteiger partial charge in [-0.1, -0.05) is 29.8 Å². The van der Waals surface area contributed by atoms with Gasteiger partial charge in [0.2, 0.25) is 0 Å². The first-order valence-corrected chi connectivity index (χ1v) is 4.93. The monoisotopic (exact) mass is 199 g/mol. The van der Waals surface area contributed by atoms with Gasteiger partial charge in [0, 0.05) is 6.21 Å². The van der Waals surface area contributed by atoms with Crippen LogP contribution in [0.4, 0.5) is 0 Å². The van der Waals surface area contributed by atoms with Crippen LogP contribution in [0, 0.1) is 6.92 Å². The molecule has 0 amide bonds. The lowest BCUT2D eigenvalue weighted by Crippen LogP contribution is -1.83. The average molecular weight is 199 g/mol. The number of aryl methyl sites for hydroxylation is 1. The maximum atomic E-state index is 5.18. The van der Waals surface area contributed by atoms with E-state index >= 15 is 0 Å². The van der Waals surface area contributed by atoms with Gasteiger partial charge in [-0.15, -0.1) is 0 Å². The standard InChI is InChI=1S/C13H13NO/c1-11-4-6-12(7-5-11)9-14-10-13-3-2-8-15-13/h2-9H,10H2,1H3. The third kappa shape index (κ3) is 2.81. The summed E-state index contributed by atoms with van der Waals surface area (Å²) in [6, 6.07) is 12.1. The van der Waals surface area contributed by atoms with Crippen LogP contribution < -0.4 is 0 Å². The predicted octanol–water partition coefficient (Wildman–Crippen LogP) is 3.21. The second kappa shape index (κ2) is 4.60. The van der Waals surface area contributed by atoms with Gasteiger partial charge >= 0.3 is 0 Å². The Bertz CT molecular complexity index is 426. The van der Waals surface area contributed by atoms with E-state index in [9.17, 15) is 0 Å². The van der Waals surface area contributed by atoms with E-state index in [-0.39, 0.29) is 0 Å². The molecule has 0 fully saturated rings. The zero-order valence-corrected chi connectivity index (χ0v) is 8.68. The zero-order valence-electron chi connectivity index (χ0n) is 8.68. The normalized spacial score (nSPS) is 11.0. The van der Waals surface area contributed by atoms with Crippen LogP contribution in [0.25, 0.3) is 0 Å². The molecule has 0 spiro atoms. The molecule has 0 atom stereocenters. The molecule has 2 rings (SSSR count). The number of aliphatic imine (C=N–C) groups is 1. The minimum absolute atomic E-state index is 0.598. The van der Waals surface area contributed by atoms with Crippen molar-refractivity contribution >= 4 is 6.21 Å². The van der Waals surface area contributed by atoms with Crippen molar-refractivity contribution in [3.8, 4) is 0 Å². The van der Waals surface area contributed by atoms with Crippen molar-refractivity contribution in [2.45, 2.75) is 13.5 Å². The molecule has 0 saturated carbocycles. The largest absolute Gasteiger partial charge is 0.467 e. The summed E-state index contributed by atoms with van der Waals surface area (Å²) in [4.78, 5) is 4.29. The van der Waals surface area contributed by atoms with Gasteiger partial charge < -0.3 is 4.42 Å². The Morgan fingerprint density at radius 1 is 1.20 bits per heavy atom. The minimum Gasteiger partial charge on any atom is -0.467 e. The van der Waals surface area contributed by atoms with Crippen LogP contribution in [0.15, 0.2) is 52.1 Å². The first-order chi connectivity index (χ1) is 7.34. The van der Waals surface area contributed by atoms with Gasteiger partial charge in [0.05, 0.1) is 12.8 Å². The van der Waals surface area contributed by atoms with Gasteiger partial charge in [-0.05, 0) is 24.6 Å². The second-order valence-corrected chi connectivity index (χ2v) is 3.46. The molecule has 0 unspecified atom stereocenters. The number of furan rings is 1. The summed E-state index contributed by atoms with van der Waals surface area (Å²) in [5, 5.41) is 0. The highest BCUT2D eigenvalue weighted by molar-refractivity contribution is 5.79. The molecule has 0 aliphatic carbocycles. The molecule has 0 radical (unpaired) electrons. The molecule has 0 saturated heterocycles. The van der Waals surface area contributed by atoms with Crippen molar-refractivity contribution in [3.05, 3.63) is 59.5 Å². The van der Waals surface area contributed by atoms with Crippen molar-refractivity contribution in [1.82, 2.24) is 0 Å². The Morgan fingerprint density at radius 3 is 2.67 bits per heavy atom. The molecule has 0 aliphatic rings. The van der Waals surface area contributed by atoms with E-state index in [2.05, 4.69) is 36.2 Å². The highest BCUT2D eigenvalue weighted by atomic mass is 16.3. The summed E-state index contributed by atoms with van der Waals surface area (Å²) in [6.45, 7) is 2.67. The fourth-order valence-corrected chi connectivity index (χ4v) is 1.30. The van der Waals surface area contributed by atoms with Crippen LogP contribution in [-0.4, -0.2) is 6.21 Å². The average Bonchev–Trinajstić information content (AvgIpc) is 2.74. The first kappa shape index (κ1) is 9.71. The molecule has 0 N–H and O–H groups in total. The molecule has 2 heteroatoms. The Balaban J connectivity index is 1.97. The molecule has 15 heavy (non-hydrogen) atoms. The summed E-state index contributed by atoms with van der Waals surface area (Å²) in [6.07, 6.45) is 3.53. The quantitative estimate of drug-likeness (QED) is 0.697. The lowest BCUT2D eigenvalue weighted by Gasteiger charge is -1.94. The van der Waals surface area contributed by atoms with Crippen molar-refractivity contribution in [3.63, 3.8) is 0 Å². The van der Waals surface area contributed by atoms with Crippen molar-refractivity contribution in [1.29, 1.82) is 0 Å². The summed E-state index contributed by atoms with van der Waals surface area (Å²) in [7, 11) is 0. The fraction of sp³-hybridized carbons (Fsp3) is 0.154. The van der Waals surface area contributed by atoms with E-state index in [0.717, 1.165) is 11.3 Å². The van der Waals surface area contributed by atoms with E-state index < -0.39 is 0 Å². The SMILES string of the molecule is Cc1ccc(C=NCc2ccco2)cc1. The van der Waals surface area contributed by atoms with Gasteiger partial charge in [0.15, 0.2) is 0 Å². The van der Waals surface area contributed by atoms with Crippen molar-refractivity contribution < 1.29 is 4.42 Å². The first-order valence-electron chi connectivity index (χ1n) is 4.93. The van der Waals surface area contributed by atoms with Crippen molar-refractivity contribution in [2.75, 3.05) is 0 Å². The highest BCUT2D eigenvalue weighted by Gasteiger charge is 1.91. The maximum absolute atomic E-state index is 5.18. The number of hydrogen-bond donors (Lipinski definition) is 0. The van der Waals surface area contributed by atoms with Gasteiger partial charge in [0.25, 0.3) is 0 Å². The number of hydrogen-bond acceptors (Lipinski definition) is 2. The fourth-order valence-electron chi connectivity index (χ4n) is 1.30. The number of rotatable bonds is 3. The smallest absolute Gasteiger partial charge is 0.125 e. The second-order valence-electron chi connectivity index (χ2n) is 3.46. The van der Waals surface area contributed by atoms with Crippen LogP contribution in [0.5, 0.6) is 0 Å². The van der Waals surface area contributed by atoms with E-state index in [4.69, 9.17) is 4.42 Å². The Hall–Kier alpha value is -1.83. The molecule has 2 aromatic rings. The minimum atomic E-state index is 0.598. The van der Waals surface area contributed by atoms with Gasteiger partial charge in [-0.2, -0.15) is 0 Å². The van der Waals surface area contributed by atoms with E-state index in [1.54, 1.807) is 6.26 Å². The molecule has 0 bridgehead atoms. The van der Waals surface area contributed by atoms with Crippen LogP contribution in [0.3, 0.4) is 0 Å². The lowest BCUT2D eigenvalue weighted by molar-refractivity contribution is 0.513. The predicted molar refractivity (Wildman–Crippen MR) is 61.2 cm³/mol. The molecular formula is C13H13NO. The molecule has 1 aromatic heterocycles. The molecule has 1 aromatic carbocycles. The van der Waals surface area contributed by atoms with E-state index in [1.165, 1.54) is 5.56 Å². The van der Waals surface area contributed by atoms with E-state index in [1.807, 2.05) is 18.3 Å². The highest BCUT2D eigenvalue weighted by Crippen LogP contribution is 2.03. The topological polar surface area (TPSA) is 25.5 Å². The third-order valence-electron chi connectivity index (χ3n) is 2.14. The van der Waals surface area contributed by atoms with Gasteiger partial charge in [0.1, 0.15) is 5.76 Å². The molecular weight excluding hydrogens is 186 g/mol. The molecule has 0 aliphatic heterocycles. The Kier molecular flexibility index (Phi) is 2.98. The third-order valence-corrected chi connectivity index (χ3v) is 2.14. The van der Waals surface area contributed by atoms with Crippen LogP contribution in [-0.2, 0) is 6.54 Å². The van der Waals surface area contributed by atoms with Crippen LogP contribution >= 0.6 is 0 Å². The van der Waals surface area contributed by atoms with Crippen LogP contribution in [0.1, 0.15) is 16.9 Å². The molecule has 2 nitrogen and oxygen atoms in total.